The van der Waals surface area contributed by atoms with Crippen molar-refractivity contribution >= 4 is 17.5 Å². The quantitative estimate of drug-likeness (QED) is 0.842. The fourth-order valence-corrected chi connectivity index (χ4v) is 3.49. The number of nitrogens with zero attached hydrogens (tertiary/aromatic N) is 2. The average molecular weight is 300 g/mol. The minimum absolute atomic E-state index is 0.0732. The third-order valence-corrected chi connectivity index (χ3v) is 4.80. The predicted molar refractivity (Wildman–Crippen MR) is 86.8 cm³/mol. The number of likely N-dealkylation sites (tertiary alicyclic amines) is 1. The van der Waals surface area contributed by atoms with Crippen LogP contribution in [-0.4, -0.2) is 36.3 Å². The Bertz CT molecular complexity index is 591. The lowest BCUT2D eigenvalue weighted by molar-refractivity contribution is -0.136. The summed E-state index contributed by atoms with van der Waals surface area (Å²) in [7, 11) is 0. The van der Waals surface area contributed by atoms with Gasteiger partial charge in [0, 0.05) is 31.7 Å². The standard InChI is InChI=1S/C18H24N2O2/c1-13-6-7-14(2)16(10-13)20-12-15(11-17(20)21)18(22)19-8-4-3-5-9-19/h6-7,10,15H,3-5,8-9,11-12H2,1-2H3/t15-/m1/s1. The van der Waals surface area contributed by atoms with Crippen LogP contribution in [0.3, 0.4) is 0 Å². The molecule has 2 saturated heterocycles. The van der Waals surface area contributed by atoms with Crippen LogP contribution in [0.5, 0.6) is 0 Å². The lowest BCUT2D eigenvalue weighted by Crippen LogP contribution is -2.40. The monoisotopic (exact) mass is 300 g/mol. The van der Waals surface area contributed by atoms with Gasteiger partial charge < -0.3 is 9.80 Å². The van der Waals surface area contributed by atoms with Crippen molar-refractivity contribution in [3.8, 4) is 0 Å². The van der Waals surface area contributed by atoms with E-state index in [-0.39, 0.29) is 17.7 Å². The third kappa shape index (κ3) is 2.87. The van der Waals surface area contributed by atoms with Gasteiger partial charge in [-0.15, -0.1) is 0 Å². The third-order valence-electron chi connectivity index (χ3n) is 4.80. The average Bonchev–Trinajstić information content (AvgIpc) is 2.91. The first-order valence-corrected chi connectivity index (χ1v) is 8.22. The minimum atomic E-state index is -0.175. The van der Waals surface area contributed by atoms with Crippen molar-refractivity contribution in [2.45, 2.75) is 39.5 Å². The number of aryl methyl sites for hydroxylation is 2. The molecule has 0 unspecified atom stereocenters. The highest BCUT2D eigenvalue weighted by atomic mass is 16.2. The Labute approximate surface area is 132 Å². The van der Waals surface area contributed by atoms with Gasteiger partial charge in [0.1, 0.15) is 0 Å². The zero-order valence-electron chi connectivity index (χ0n) is 13.5. The number of anilines is 1. The zero-order chi connectivity index (χ0) is 15.7. The Balaban J connectivity index is 1.75. The first kappa shape index (κ1) is 15.1. The number of rotatable bonds is 2. The molecule has 0 bridgehead atoms. The number of hydrogen-bond acceptors (Lipinski definition) is 2. The van der Waals surface area contributed by atoms with E-state index in [9.17, 15) is 9.59 Å². The molecule has 1 aromatic rings. The molecule has 0 spiro atoms. The van der Waals surface area contributed by atoms with Crippen molar-refractivity contribution in [3.05, 3.63) is 29.3 Å². The number of piperidine rings is 1. The van der Waals surface area contributed by atoms with Gasteiger partial charge in [-0.25, -0.2) is 0 Å². The second kappa shape index (κ2) is 6.11. The van der Waals surface area contributed by atoms with Gasteiger partial charge in [-0.2, -0.15) is 0 Å². The molecule has 2 heterocycles. The van der Waals surface area contributed by atoms with Gasteiger partial charge >= 0.3 is 0 Å². The number of hydrogen-bond donors (Lipinski definition) is 0. The molecule has 0 saturated carbocycles. The van der Waals surface area contributed by atoms with Crippen LogP contribution >= 0.6 is 0 Å². The highest BCUT2D eigenvalue weighted by Crippen LogP contribution is 2.30. The summed E-state index contributed by atoms with van der Waals surface area (Å²) in [6.45, 7) is 6.28. The molecule has 0 aliphatic carbocycles. The van der Waals surface area contributed by atoms with Gasteiger partial charge in [0.05, 0.1) is 5.92 Å². The van der Waals surface area contributed by atoms with Crippen molar-refractivity contribution in [1.29, 1.82) is 0 Å². The second-order valence-electron chi connectivity index (χ2n) is 6.58. The highest BCUT2D eigenvalue weighted by molar-refractivity contribution is 6.00. The van der Waals surface area contributed by atoms with Gasteiger partial charge in [0.15, 0.2) is 0 Å². The maximum Gasteiger partial charge on any atom is 0.228 e. The Morgan fingerprint density at radius 1 is 1.14 bits per heavy atom. The molecule has 1 aromatic carbocycles. The predicted octanol–water partition coefficient (Wildman–Crippen LogP) is 2.67. The summed E-state index contributed by atoms with van der Waals surface area (Å²) in [6, 6.07) is 6.13. The molecule has 0 aromatic heterocycles. The maximum absolute atomic E-state index is 12.6. The van der Waals surface area contributed by atoms with Crippen molar-refractivity contribution in [2.75, 3.05) is 24.5 Å². The van der Waals surface area contributed by atoms with Crippen LogP contribution in [0, 0.1) is 19.8 Å². The zero-order valence-corrected chi connectivity index (χ0v) is 13.5. The number of benzene rings is 1. The van der Waals surface area contributed by atoms with E-state index in [1.165, 1.54) is 6.42 Å². The summed E-state index contributed by atoms with van der Waals surface area (Å²) in [5, 5.41) is 0. The van der Waals surface area contributed by atoms with Crippen LogP contribution in [0.15, 0.2) is 18.2 Å². The Morgan fingerprint density at radius 3 is 2.59 bits per heavy atom. The smallest absolute Gasteiger partial charge is 0.228 e. The number of carbonyl (C=O) groups excluding carboxylic acids is 2. The van der Waals surface area contributed by atoms with E-state index in [0.717, 1.165) is 42.7 Å². The Morgan fingerprint density at radius 2 is 1.86 bits per heavy atom. The summed E-state index contributed by atoms with van der Waals surface area (Å²) in [5.74, 6) is 0.0652. The molecule has 4 heteroatoms. The van der Waals surface area contributed by atoms with Crippen molar-refractivity contribution in [1.82, 2.24) is 4.90 Å². The molecular weight excluding hydrogens is 276 g/mol. The minimum Gasteiger partial charge on any atom is -0.342 e. The van der Waals surface area contributed by atoms with Crippen LogP contribution < -0.4 is 4.90 Å². The molecule has 0 N–H and O–H groups in total. The molecule has 22 heavy (non-hydrogen) atoms. The topological polar surface area (TPSA) is 40.6 Å². The van der Waals surface area contributed by atoms with E-state index < -0.39 is 0 Å². The summed E-state index contributed by atoms with van der Waals surface area (Å²) in [5.41, 5.74) is 3.18. The first-order chi connectivity index (χ1) is 10.6. The van der Waals surface area contributed by atoms with Gasteiger partial charge in [0.2, 0.25) is 11.8 Å². The van der Waals surface area contributed by atoms with E-state index in [1.807, 2.05) is 30.9 Å². The Kier molecular flexibility index (Phi) is 4.19. The molecule has 0 radical (unpaired) electrons. The van der Waals surface area contributed by atoms with E-state index in [2.05, 4.69) is 6.07 Å². The van der Waals surface area contributed by atoms with Crippen LogP contribution in [0.1, 0.15) is 36.8 Å². The normalized spacial score (nSPS) is 22.3. The van der Waals surface area contributed by atoms with Crippen LogP contribution in [0.25, 0.3) is 0 Å². The van der Waals surface area contributed by atoms with E-state index in [1.54, 1.807) is 4.90 Å². The van der Waals surface area contributed by atoms with Gasteiger partial charge in [0.25, 0.3) is 0 Å². The van der Waals surface area contributed by atoms with Crippen molar-refractivity contribution in [3.63, 3.8) is 0 Å². The van der Waals surface area contributed by atoms with Gasteiger partial charge in [-0.1, -0.05) is 12.1 Å². The highest BCUT2D eigenvalue weighted by Gasteiger charge is 2.37. The first-order valence-electron chi connectivity index (χ1n) is 8.22. The van der Waals surface area contributed by atoms with Crippen LogP contribution in [-0.2, 0) is 9.59 Å². The van der Waals surface area contributed by atoms with Crippen LogP contribution in [0.2, 0.25) is 0 Å². The molecule has 2 fully saturated rings. The molecule has 2 amide bonds. The fourth-order valence-electron chi connectivity index (χ4n) is 3.49. The molecule has 2 aliphatic rings. The van der Waals surface area contributed by atoms with E-state index >= 15 is 0 Å². The molecule has 1 atom stereocenters. The molecule has 3 rings (SSSR count). The summed E-state index contributed by atoms with van der Waals surface area (Å²) < 4.78 is 0. The molecule has 118 valence electrons. The lowest BCUT2D eigenvalue weighted by Gasteiger charge is -2.29. The lowest BCUT2D eigenvalue weighted by atomic mass is 10.0. The summed E-state index contributed by atoms with van der Waals surface area (Å²) in [6.07, 6.45) is 3.74. The van der Waals surface area contributed by atoms with Gasteiger partial charge in [-0.3, -0.25) is 9.59 Å². The molecular formula is C18H24N2O2. The van der Waals surface area contributed by atoms with Crippen LogP contribution in [0.4, 0.5) is 5.69 Å². The van der Waals surface area contributed by atoms with Crippen molar-refractivity contribution in [2.24, 2.45) is 5.92 Å². The summed E-state index contributed by atoms with van der Waals surface area (Å²) >= 11 is 0. The number of amides is 2. The van der Waals surface area contributed by atoms with Gasteiger partial charge in [-0.05, 0) is 50.3 Å². The molecule has 2 aliphatic heterocycles. The van der Waals surface area contributed by atoms with E-state index in [4.69, 9.17) is 0 Å². The fraction of sp³-hybridized carbons (Fsp3) is 0.556. The summed E-state index contributed by atoms with van der Waals surface area (Å²) in [4.78, 5) is 28.8. The maximum atomic E-state index is 12.6. The van der Waals surface area contributed by atoms with Crippen molar-refractivity contribution < 1.29 is 9.59 Å². The Hall–Kier alpha value is -1.84. The number of carbonyl (C=O) groups is 2. The molecule has 4 nitrogen and oxygen atoms in total. The van der Waals surface area contributed by atoms with E-state index in [0.29, 0.717) is 13.0 Å². The largest absolute Gasteiger partial charge is 0.342 e. The SMILES string of the molecule is Cc1ccc(C)c(N2C[C@H](C(=O)N3CCCCC3)CC2=O)c1. The second-order valence-corrected chi connectivity index (χ2v) is 6.58.